The summed E-state index contributed by atoms with van der Waals surface area (Å²) >= 11 is 0. The molecular weight excluding hydrogens is 226 g/mol. The summed E-state index contributed by atoms with van der Waals surface area (Å²) in [4.78, 5) is 13.7. The van der Waals surface area contributed by atoms with Crippen LogP contribution in [0.3, 0.4) is 0 Å². The van der Waals surface area contributed by atoms with Gasteiger partial charge in [-0.15, -0.1) is 0 Å². The first kappa shape index (κ1) is 12.9. The highest BCUT2D eigenvalue weighted by molar-refractivity contribution is 5.78. The molecule has 0 aliphatic carbocycles. The molecule has 98 valence electrons. The van der Waals surface area contributed by atoms with Crippen LogP contribution in [0.4, 0.5) is 5.69 Å². The second-order valence-electron chi connectivity index (χ2n) is 4.84. The van der Waals surface area contributed by atoms with Crippen LogP contribution in [-0.4, -0.2) is 32.1 Å². The quantitative estimate of drug-likeness (QED) is 0.834. The molecule has 1 amide bonds. The van der Waals surface area contributed by atoms with Crippen molar-refractivity contribution in [2.45, 2.75) is 25.3 Å². The Labute approximate surface area is 108 Å². The third kappa shape index (κ3) is 3.23. The number of likely N-dealkylation sites (N-methyl/N-ethyl adjacent to an activating group) is 1. The van der Waals surface area contributed by atoms with E-state index < -0.39 is 0 Å². The van der Waals surface area contributed by atoms with E-state index in [-0.39, 0.29) is 5.91 Å². The number of hydrogen-bond donors (Lipinski definition) is 2. The minimum atomic E-state index is 0.0489. The van der Waals surface area contributed by atoms with Crippen LogP contribution in [0.2, 0.25) is 0 Å². The third-order valence-corrected chi connectivity index (χ3v) is 3.46. The summed E-state index contributed by atoms with van der Waals surface area (Å²) in [7, 11) is 1.66. The van der Waals surface area contributed by atoms with E-state index in [2.05, 4.69) is 22.3 Å². The molecule has 0 saturated carbocycles. The first-order valence-corrected chi connectivity index (χ1v) is 6.49. The Bertz CT molecular complexity index is 411. The Hall–Kier alpha value is -1.55. The maximum Gasteiger partial charge on any atom is 0.224 e. The lowest BCUT2D eigenvalue weighted by Crippen LogP contribution is -2.39. The van der Waals surface area contributed by atoms with Crippen LogP contribution >= 0.6 is 0 Å². The van der Waals surface area contributed by atoms with Crippen LogP contribution in [0.1, 0.15) is 18.4 Å². The van der Waals surface area contributed by atoms with Gasteiger partial charge in [0.05, 0.1) is 6.42 Å². The predicted octanol–water partition coefficient (Wildman–Crippen LogP) is 0.903. The topological polar surface area (TPSA) is 58.4 Å². The molecule has 1 fully saturated rings. The molecule has 3 N–H and O–H groups in total. The zero-order chi connectivity index (χ0) is 13.0. The molecule has 0 aromatic heterocycles. The predicted molar refractivity (Wildman–Crippen MR) is 73.6 cm³/mol. The van der Waals surface area contributed by atoms with Gasteiger partial charge in [-0.25, -0.2) is 0 Å². The van der Waals surface area contributed by atoms with Crippen molar-refractivity contribution in [2.75, 3.05) is 25.0 Å². The van der Waals surface area contributed by atoms with Gasteiger partial charge >= 0.3 is 0 Å². The second kappa shape index (κ2) is 5.87. The smallest absolute Gasteiger partial charge is 0.224 e. The van der Waals surface area contributed by atoms with E-state index in [1.165, 1.54) is 5.69 Å². The number of carbonyl (C=O) groups excluding carboxylic acids is 1. The van der Waals surface area contributed by atoms with E-state index in [9.17, 15) is 4.79 Å². The van der Waals surface area contributed by atoms with E-state index in [0.717, 1.165) is 31.5 Å². The highest BCUT2D eigenvalue weighted by Crippen LogP contribution is 2.20. The number of nitrogens with zero attached hydrogens (tertiary/aromatic N) is 1. The lowest BCUT2D eigenvalue weighted by molar-refractivity contribution is -0.119. The summed E-state index contributed by atoms with van der Waals surface area (Å²) in [5.41, 5.74) is 8.16. The summed E-state index contributed by atoms with van der Waals surface area (Å²) in [6.45, 7) is 2.01. The molecule has 4 heteroatoms. The van der Waals surface area contributed by atoms with Crippen molar-refractivity contribution in [3.05, 3.63) is 29.8 Å². The van der Waals surface area contributed by atoms with Crippen LogP contribution in [0, 0.1) is 0 Å². The van der Waals surface area contributed by atoms with E-state index >= 15 is 0 Å². The number of rotatable bonds is 3. The minimum Gasteiger partial charge on any atom is -0.371 e. The van der Waals surface area contributed by atoms with Gasteiger partial charge in [-0.1, -0.05) is 12.1 Å². The normalized spacial score (nSPS) is 16.7. The number of amides is 1. The van der Waals surface area contributed by atoms with E-state index in [0.29, 0.717) is 12.5 Å². The zero-order valence-corrected chi connectivity index (χ0v) is 10.9. The van der Waals surface area contributed by atoms with Gasteiger partial charge in [0.2, 0.25) is 5.91 Å². The lowest BCUT2D eigenvalue weighted by Gasteiger charge is -2.32. The van der Waals surface area contributed by atoms with Gasteiger partial charge in [0.15, 0.2) is 0 Å². The molecule has 1 heterocycles. The van der Waals surface area contributed by atoms with Gasteiger partial charge in [0.1, 0.15) is 0 Å². The Morgan fingerprint density at radius 2 is 2.17 bits per heavy atom. The van der Waals surface area contributed by atoms with E-state index in [4.69, 9.17) is 5.73 Å². The number of nitrogens with two attached hydrogens (primary N) is 1. The second-order valence-corrected chi connectivity index (χ2v) is 4.84. The van der Waals surface area contributed by atoms with Gasteiger partial charge in [0, 0.05) is 31.9 Å². The Morgan fingerprint density at radius 3 is 2.83 bits per heavy atom. The number of carbonyl (C=O) groups is 1. The average Bonchev–Trinajstić information content (AvgIpc) is 2.40. The fourth-order valence-electron chi connectivity index (χ4n) is 2.29. The number of benzene rings is 1. The largest absolute Gasteiger partial charge is 0.371 e. The van der Waals surface area contributed by atoms with Gasteiger partial charge in [-0.05, 0) is 30.5 Å². The summed E-state index contributed by atoms with van der Waals surface area (Å²) in [5.74, 6) is 0.0489. The van der Waals surface area contributed by atoms with Gasteiger partial charge in [-0.3, -0.25) is 4.79 Å². The standard InChI is InChI=1S/C14H21N3O/c1-16-14(18)10-11-3-2-4-13(9-11)17-7-5-12(15)6-8-17/h2-4,9,12H,5-8,10,15H2,1H3,(H,16,18). The summed E-state index contributed by atoms with van der Waals surface area (Å²) in [6.07, 6.45) is 2.52. The molecule has 1 saturated heterocycles. The molecule has 1 aliphatic rings. The Kier molecular flexibility index (Phi) is 4.20. The molecular formula is C14H21N3O. The van der Waals surface area contributed by atoms with Crippen LogP contribution in [-0.2, 0) is 11.2 Å². The number of nitrogens with one attached hydrogen (secondary N) is 1. The summed E-state index contributed by atoms with van der Waals surface area (Å²) < 4.78 is 0. The number of hydrogen-bond acceptors (Lipinski definition) is 3. The van der Waals surface area contributed by atoms with Gasteiger partial charge in [-0.2, -0.15) is 0 Å². The Morgan fingerprint density at radius 1 is 1.44 bits per heavy atom. The molecule has 0 unspecified atom stereocenters. The number of anilines is 1. The average molecular weight is 247 g/mol. The Balaban J connectivity index is 2.05. The highest BCUT2D eigenvalue weighted by Gasteiger charge is 2.16. The van der Waals surface area contributed by atoms with Crippen molar-refractivity contribution in [1.29, 1.82) is 0 Å². The van der Waals surface area contributed by atoms with Crippen molar-refractivity contribution >= 4 is 11.6 Å². The van der Waals surface area contributed by atoms with Gasteiger partial charge < -0.3 is 16.0 Å². The van der Waals surface area contributed by atoms with Crippen LogP contribution in [0.25, 0.3) is 0 Å². The molecule has 1 aliphatic heterocycles. The van der Waals surface area contributed by atoms with Crippen molar-refractivity contribution in [2.24, 2.45) is 5.73 Å². The fraction of sp³-hybridized carbons (Fsp3) is 0.500. The third-order valence-electron chi connectivity index (χ3n) is 3.46. The van der Waals surface area contributed by atoms with Crippen molar-refractivity contribution in [3.8, 4) is 0 Å². The lowest BCUT2D eigenvalue weighted by atomic mass is 10.0. The summed E-state index contributed by atoms with van der Waals surface area (Å²) in [5, 5.41) is 2.65. The maximum atomic E-state index is 11.4. The molecule has 0 atom stereocenters. The first-order valence-electron chi connectivity index (χ1n) is 6.49. The molecule has 0 bridgehead atoms. The van der Waals surface area contributed by atoms with E-state index in [1.54, 1.807) is 7.05 Å². The molecule has 1 aromatic rings. The molecule has 4 nitrogen and oxygen atoms in total. The highest BCUT2D eigenvalue weighted by atomic mass is 16.1. The monoisotopic (exact) mass is 247 g/mol. The number of piperidine rings is 1. The van der Waals surface area contributed by atoms with Crippen LogP contribution in [0.5, 0.6) is 0 Å². The molecule has 18 heavy (non-hydrogen) atoms. The molecule has 1 aromatic carbocycles. The molecule has 2 rings (SSSR count). The molecule has 0 radical (unpaired) electrons. The fourth-order valence-corrected chi connectivity index (χ4v) is 2.29. The summed E-state index contributed by atoms with van der Waals surface area (Å²) in [6, 6.07) is 8.56. The van der Waals surface area contributed by atoms with E-state index in [1.807, 2.05) is 12.1 Å². The van der Waals surface area contributed by atoms with Crippen LogP contribution in [0.15, 0.2) is 24.3 Å². The van der Waals surface area contributed by atoms with Gasteiger partial charge in [0.25, 0.3) is 0 Å². The van der Waals surface area contributed by atoms with Crippen LogP contribution < -0.4 is 16.0 Å². The molecule has 0 spiro atoms. The van der Waals surface area contributed by atoms with Crippen molar-refractivity contribution < 1.29 is 4.79 Å². The SMILES string of the molecule is CNC(=O)Cc1cccc(N2CCC(N)CC2)c1. The minimum absolute atomic E-state index is 0.0489. The maximum absolute atomic E-state index is 11.4. The van der Waals surface area contributed by atoms with Crippen molar-refractivity contribution in [3.63, 3.8) is 0 Å². The van der Waals surface area contributed by atoms with Crippen molar-refractivity contribution in [1.82, 2.24) is 5.32 Å². The zero-order valence-electron chi connectivity index (χ0n) is 10.9. The first-order chi connectivity index (χ1) is 8.69.